The van der Waals surface area contributed by atoms with Crippen LogP contribution in [0.5, 0.6) is 0 Å². The van der Waals surface area contributed by atoms with E-state index < -0.39 is 16.9 Å². The van der Waals surface area contributed by atoms with Gasteiger partial charge >= 0.3 is 0 Å². The van der Waals surface area contributed by atoms with Crippen molar-refractivity contribution in [1.82, 2.24) is 10.2 Å². The van der Waals surface area contributed by atoms with Crippen LogP contribution in [0.25, 0.3) is 0 Å². The summed E-state index contributed by atoms with van der Waals surface area (Å²) in [5.74, 6) is -0.860. The highest BCUT2D eigenvalue weighted by atomic mass is 35.5. The molecule has 3 N–H and O–H groups in total. The summed E-state index contributed by atoms with van der Waals surface area (Å²) in [6.45, 7) is 4.76. The van der Waals surface area contributed by atoms with Crippen LogP contribution in [0.3, 0.4) is 0 Å². The Balaban J connectivity index is 2.15. The molecule has 1 saturated heterocycles. The van der Waals surface area contributed by atoms with E-state index in [4.69, 9.17) is 17.3 Å². The molecule has 9 heteroatoms. The zero-order chi connectivity index (χ0) is 19.4. The minimum atomic E-state index is -0.723. The first-order valence-electron chi connectivity index (χ1n) is 8.50. The molecule has 1 fully saturated rings. The lowest BCUT2D eigenvalue weighted by Crippen LogP contribution is -2.55. The quantitative estimate of drug-likeness (QED) is 0.596. The molecule has 2 amide bonds. The molecule has 1 aliphatic rings. The predicted molar refractivity (Wildman–Crippen MR) is 98.0 cm³/mol. The molecule has 2 rings (SSSR count). The van der Waals surface area contributed by atoms with Crippen molar-refractivity contribution in [3.05, 3.63) is 38.9 Å². The Hall–Kier alpha value is -2.19. The number of piperidine rings is 1. The Morgan fingerprint density at radius 2 is 2.12 bits per heavy atom. The molecule has 142 valence electrons. The van der Waals surface area contributed by atoms with Crippen LogP contribution in [0.2, 0.25) is 5.02 Å². The van der Waals surface area contributed by atoms with Gasteiger partial charge in [-0.05, 0) is 24.8 Å². The third-order valence-corrected chi connectivity index (χ3v) is 4.71. The number of benzene rings is 1. The fourth-order valence-corrected chi connectivity index (χ4v) is 3.20. The second-order valence-corrected chi connectivity index (χ2v) is 7.21. The zero-order valence-corrected chi connectivity index (χ0v) is 15.5. The van der Waals surface area contributed by atoms with Gasteiger partial charge < -0.3 is 16.0 Å². The van der Waals surface area contributed by atoms with Crippen molar-refractivity contribution in [3.8, 4) is 0 Å². The second-order valence-electron chi connectivity index (χ2n) is 6.80. The number of hydrogen-bond donors (Lipinski definition) is 2. The zero-order valence-electron chi connectivity index (χ0n) is 14.8. The second kappa shape index (κ2) is 8.46. The Labute approximate surface area is 156 Å². The van der Waals surface area contributed by atoms with E-state index in [-0.39, 0.29) is 34.1 Å². The highest BCUT2D eigenvalue weighted by Gasteiger charge is 2.31. The van der Waals surface area contributed by atoms with Gasteiger partial charge in [-0.1, -0.05) is 25.4 Å². The number of carbonyl (C=O) groups excluding carboxylic acids is 2. The van der Waals surface area contributed by atoms with Crippen LogP contribution < -0.4 is 11.1 Å². The Morgan fingerprint density at radius 1 is 1.42 bits per heavy atom. The highest BCUT2D eigenvalue weighted by Crippen LogP contribution is 2.23. The SMILES string of the molecule is CC(C)C(NC(=O)c1ccc([N+](=O)[O-])cc1Cl)C(=O)N1CCCC(N)C1. The number of likely N-dealkylation sites (tertiary alicyclic amines) is 1. The van der Waals surface area contributed by atoms with Crippen molar-refractivity contribution >= 4 is 29.1 Å². The van der Waals surface area contributed by atoms with Crippen LogP contribution in [0.4, 0.5) is 5.69 Å². The lowest BCUT2D eigenvalue weighted by Gasteiger charge is -2.34. The number of carbonyl (C=O) groups is 2. The average molecular weight is 383 g/mol. The molecular formula is C17H23ClN4O4. The number of hydrogen-bond acceptors (Lipinski definition) is 5. The Morgan fingerprint density at radius 3 is 2.65 bits per heavy atom. The molecule has 2 unspecified atom stereocenters. The molecule has 1 aromatic rings. The van der Waals surface area contributed by atoms with Crippen molar-refractivity contribution in [2.75, 3.05) is 13.1 Å². The number of nitro groups is 1. The smallest absolute Gasteiger partial charge is 0.270 e. The third-order valence-electron chi connectivity index (χ3n) is 4.40. The summed E-state index contributed by atoms with van der Waals surface area (Å²) in [6.07, 6.45) is 1.71. The largest absolute Gasteiger partial charge is 0.340 e. The van der Waals surface area contributed by atoms with E-state index in [0.29, 0.717) is 13.1 Å². The molecular weight excluding hydrogens is 360 g/mol. The third kappa shape index (κ3) is 4.70. The van der Waals surface area contributed by atoms with Crippen LogP contribution in [0, 0.1) is 16.0 Å². The fraction of sp³-hybridized carbons (Fsp3) is 0.529. The fourth-order valence-electron chi connectivity index (χ4n) is 2.94. The average Bonchev–Trinajstić information content (AvgIpc) is 2.58. The topological polar surface area (TPSA) is 119 Å². The highest BCUT2D eigenvalue weighted by molar-refractivity contribution is 6.34. The van der Waals surface area contributed by atoms with E-state index >= 15 is 0 Å². The maximum atomic E-state index is 12.8. The summed E-state index contributed by atoms with van der Waals surface area (Å²) in [7, 11) is 0. The monoisotopic (exact) mass is 382 g/mol. The predicted octanol–water partition coefficient (Wildman–Crippen LogP) is 1.95. The maximum Gasteiger partial charge on any atom is 0.270 e. The summed E-state index contributed by atoms with van der Waals surface area (Å²) < 4.78 is 0. The van der Waals surface area contributed by atoms with Gasteiger partial charge in [-0.15, -0.1) is 0 Å². The van der Waals surface area contributed by atoms with Gasteiger partial charge in [0.05, 0.1) is 15.5 Å². The Bertz CT molecular complexity index is 710. The minimum Gasteiger partial charge on any atom is -0.340 e. The number of nitrogens with zero attached hydrogens (tertiary/aromatic N) is 2. The first-order chi connectivity index (χ1) is 12.2. The summed E-state index contributed by atoms with van der Waals surface area (Å²) >= 11 is 6.00. The number of rotatable bonds is 5. The standard InChI is InChI=1S/C17H23ClN4O4/c1-10(2)15(17(24)21-7-3-4-11(19)9-21)20-16(23)13-6-5-12(22(25)26)8-14(13)18/h5-6,8,10-11,15H,3-4,7,9,19H2,1-2H3,(H,20,23). The molecule has 0 radical (unpaired) electrons. The molecule has 0 aromatic heterocycles. The minimum absolute atomic E-state index is 0.0355. The summed E-state index contributed by atoms with van der Waals surface area (Å²) in [5, 5.41) is 13.5. The number of nitrogens with one attached hydrogen (secondary N) is 1. The molecule has 1 heterocycles. The number of amides is 2. The number of non-ortho nitro benzene ring substituents is 1. The van der Waals surface area contributed by atoms with Crippen molar-refractivity contribution in [3.63, 3.8) is 0 Å². The summed E-state index contributed by atoms with van der Waals surface area (Å²) in [6, 6.07) is 2.83. The maximum absolute atomic E-state index is 12.8. The van der Waals surface area contributed by atoms with E-state index in [9.17, 15) is 19.7 Å². The Kier molecular flexibility index (Phi) is 6.55. The molecule has 0 bridgehead atoms. The van der Waals surface area contributed by atoms with Gasteiger partial charge in [0, 0.05) is 31.3 Å². The lowest BCUT2D eigenvalue weighted by atomic mass is 9.99. The van der Waals surface area contributed by atoms with Crippen LogP contribution in [-0.2, 0) is 4.79 Å². The van der Waals surface area contributed by atoms with E-state index in [1.165, 1.54) is 12.1 Å². The van der Waals surface area contributed by atoms with E-state index in [1.54, 1.807) is 4.90 Å². The van der Waals surface area contributed by atoms with Gasteiger partial charge in [0.1, 0.15) is 6.04 Å². The molecule has 0 spiro atoms. The van der Waals surface area contributed by atoms with Crippen molar-refractivity contribution in [2.24, 2.45) is 11.7 Å². The number of nitrogens with two attached hydrogens (primary N) is 1. The van der Waals surface area contributed by atoms with Gasteiger partial charge in [0.2, 0.25) is 5.91 Å². The van der Waals surface area contributed by atoms with Gasteiger partial charge in [0.25, 0.3) is 11.6 Å². The van der Waals surface area contributed by atoms with Gasteiger partial charge in [-0.2, -0.15) is 0 Å². The van der Waals surface area contributed by atoms with Crippen LogP contribution in [0.1, 0.15) is 37.0 Å². The molecule has 2 atom stereocenters. The molecule has 0 aliphatic carbocycles. The molecule has 0 saturated carbocycles. The van der Waals surface area contributed by atoms with E-state index in [1.807, 2.05) is 13.8 Å². The van der Waals surface area contributed by atoms with Crippen LogP contribution >= 0.6 is 11.6 Å². The molecule has 1 aromatic carbocycles. The van der Waals surface area contributed by atoms with Gasteiger partial charge in [-0.3, -0.25) is 19.7 Å². The van der Waals surface area contributed by atoms with Crippen LogP contribution in [0.15, 0.2) is 18.2 Å². The summed E-state index contributed by atoms with van der Waals surface area (Å²) in [4.78, 5) is 37.2. The molecule has 1 aliphatic heterocycles. The van der Waals surface area contributed by atoms with Crippen LogP contribution in [-0.4, -0.2) is 46.8 Å². The van der Waals surface area contributed by atoms with Crippen molar-refractivity contribution in [2.45, 2.75) is 38.8 Å². The first-order valence-corrected chi connectivity index (χ1v) is 8.87. The molecule has 8 nitrogen and oxygen atoms in total. The normalized spacial score (nSPS) is 18.5. The van der Waals surface area contributed by atoms with E-state index in [0.717, 1.165) is 18.9 Å². The summed E-state index contributed by atoms with van der Waals surface area (Å²) in [5.41, 5.74) is 5.82. The number of nitro benzene ring substituents is 1. The van der Waals surface area contributed by atoms with Crippen molar-refractivity contribution < 1.29 is 14.5 Å². The van der Waals surface area contributed by atoms with Gasteiger partial charge in [0.15, 0.2) is 0 Å². The van der Waals surface area contributed by atoms with Gasteiger partial charge in [-0.25, -0.2) is 0 Å². The van der Waals surface area contributed by atoms with Crippen molar-refractivity contribution in [1.29, 1.82) is 0 Å². The molecule has 26 heavy (non-hydrogen) atoms. The first kappa shape index (κ1) is 20.1. The number of halogens is 1. The van der Waals surface area contributed by atoms with E-state index in [2.05, 4.69) is 5.32 Å². The lowest BCUT2D eigenvalue weighted by molar-refractivity contribution is -0.384.